The van der Waals surface area contributed by atoms with E-state index in [1.807, 2.05) is 12.3 Å². The van der Waals surface area contributed by atoms with E-state index in [4.69, 9.17) is 5.73 Å². The molecule has 0 saturated carbocycles. The average molecular weight is 236 g/mol. The Labute approximate surface area is 100 Å². The van der Waals surface area contributed by atoms with Crippen molar-refractivity contribution in [2.45, 2.75) is 18.6 Å². The van der Waals surface area contributed by atoms with Crippen molar-refractivity contribution in [2.75, 3.05) is 6.54 Å². The van der Waals surface area contributed by atoms with Crippen LogP contribution in [0.1, 0.15) is 6.42 Å². The largest absolute Gasteiger partial charge is 0.402 e. The number of nitrogens with two attached hydrogens (primary N) is 1. The van der Waals surface area contributed by atoms with E-state index >= 15 is 0 Å². The Hall–Kier alpha value is -1.62. The van der Waals surface area contributed by atoms with Crippen LogP contribution in [-0.2, 0) is 0 Å². The molecule has 0 bridgehead atoms. The van der Waals surface area contributed by atoms with E-state index in [1.54, 1.807) is 6.08 Å². The van der Waals surface area contributed by atoms with Gasteiger partial charge in [-0.15, -0.1) is 0 Å². The third-order valence-electron chi connectivity index (χ3n) is 3.01. The lowest BCUT2D eigenvalue weighted by molar-refractivity contribution is 0.323. The lowest BCUT2D eigenvalue weighted by Crippen LogP contribution is -2.52. The third-order valence-corrected chi connectivity index (χ3v) is 3.01. The SMILES string of the molecule is C=NCC1NC=CC(C2CC(N)=CC=C2F)N1. The molecule has 0 spiro atoms. The number of nitrogens with zero attached hydrogens (tertiary/aromatic N) is 1. The van der Waals surface area contributed by atoms with Crippen LogP contribution in [0.15, 0.2) is 40.9 Å². The maximum atomic E-state index is 13.7. The Kier molecular flexibility index (Phi) is 3.58. The zero-order valence-electron chi connectivity index (χ0n) is 9.57. The summed E-state index contributed by atoms with van der Waals surface area (Å²) in [6.07, 6.45) is 7.36. The smallest absolute Gasteiger partial charge is 0.105 e. The molecule has 4 N–H and O–H groups in total. The van der Waals surface area contributed by atoms with Crippen LogP contribution in [0.2, 0.25) is 0 Å². The van der Waals surface area contributed by atoms with Gasteiger partial charge in [-0.2, -0.15) is 0 Å². The number of halogens is 1. The quantitative estimate of drug-likeness (QED) is 0.635. The van der Waals surface area contributed by atoms with Crippen LogP contribution in [0.3, 0.4) is 0 Å². The summed E-state index contributed by atoms with van der Waals surface area (Å²) in [5, 5.41) is 6.38. The van der Waals surface area contributed by atoms with Crippen molar-refractivity contribution in [3.8, 4) is 0 Å². The maximum absolute atomic E-state index is 13.7. The predicted molar refractivity (Wildman–Crippen MR) is 67.0 cm³/mol. The molecule has 0 radical (unpaired) electrons. The molecule has 0 aromatic heterocycles. The van der Waals surface area contributed by atoms with Gasteiger partial charge in [0.05, 0.1) is 12.7 Å². The second-order valence-electron chi connectivity index (χ2n) is 4.28. The summed E-state index contributed by atoms with van der Waals surface area (Å²) >= 11 is 0. The van der Waals surface area contributed by atoms with Crippen molar-refractivity contribution in [3.63, 3.8) is 0 Å². The fraction of sp³-hybridized carbons (Fsp3) is 0.417. The van der Waals surface area contributed by atoms with Crippen molar-refractivity contribution in [1.82, 2.24) is 10.6 Å². The summed E-state index contributed by atoms with van der Waals surface area (Å²) < 4.78 is 13.7. The molecule has 3 atom stereocenters. The zero-order valence-corrected chi connectivity index (χ0v) is 9.57. The highest BCUT2D eigenvalue weighted by molar-refractivity contribution is 5.25. The molecule has 4 nitrogen and oxygen atoms in total. The molecule has 92 valence electrons. The Morgan fingerprint density at radius 2 is 2.35 bits per heavy atom. The van der Waals surface area contributed by atoms with Gasteiger partial charge in [0.2, 0.25) is 0 Å². The van der Waals surface area contributed by atoms with Gasteiger partial charge in [-0.05, 0) is 31.5 Å². The molecule has 0 aromatic rings. The Bertz CT molecular complexity index is 386. The van der Waals surface area contributed by atoms with Gasteiger partial charge >= 0.3 is 0 Å². The number of allylic oxidation sites excluding steroid dienone is 3. The summed E-state index contributed by atoms with van der Waals surface area (Å²) in [5.74, 6) is -0.362. The Morgan fingerprint density at radius 3 is 3.12 bits per heavy atom. The van der Waals surface area contributed by atoms with Crippen LogP contribution >= 0.6 is 0 Å². The van der Waals surface area contributed by atoms with Gasteiger partial charge in [-0.3, -0.25) is 10.3 Å². The molecule has 17 heavy (non-hydrogen) atoms. The topological polar surface area (TPSA) is 62.4 Å². The fourth-order valence-electron chi connectivity index (χ4n) is 2.12. The van der Waals surface area contributed by atoms with Crippen LogP contribution in [0.25, 0.3) is 0 Å². The van der Waals surface area contributed by atoms with Gasteiger partial charge in [0.1, 0.15) is 5.83 Å². The second kappa shape index (κ2) is 5.14. The fourth-order valence-corrected chi connectivity index (χ4v) is 2.12. The van der Waals surface area contributed by atoms with Crippen LogP contribution < -0.4 is 16.4 Å². The van der Waals surface area contributed by atoms with Crippen LogP contribution in [0.4, 0.5) is 4.39 Å². The molecule has 0 fully saturated rings. The minimum absolute atomic E-state index is 0.00225. The average Bonchev–Trinajstić information content (AvgIpc) is 2.33. The molecule has 0 aromatic carbocycles. The number of hydrogen-bond acceptors (Lipinski definition) is 4. The highest BCUT2D eigenvalue weighted by atomic mass is 19.1. The molecule has 0 amide bonds. The van der Waals surface area contributed by atoms with E-state index in [0.717, 1.165) is 0 Å². The van der Waals surface area contributed by atoms with E-state index in [0.29, 0.717) is 18.7 Å². The first-order valence-corrected chi connectivity index (χ1v) is 5.63. The number of hydrogen-bond donors (Lipinski definition) is 3. The summed E-state index contributed by atoms with van der Waals surface area (Å²) in [4.78, 5) is 3.82. The summed E-state index contributed by atoms with van der Waals surface area (Å²) in [5.41, 5.74) is 6.45. The molecule has 1 aliphatic carbocycles. The highest BCUT2D eigenvalue weighted by Gasteiger charge is 2.29. The van der Waals surface area contributed by atoms with E-state index in [1.165, 1.54) is 6.08 Å². The van der Waals surface area contributed by atoms with Crippen molar-refractivity contribution < 1.29 is 4.39 Å². The zero-order chi connectivity index (χ0) is 12.3. The predicted octanol–water partition coefficient (Wildman–Crippen LogP) is 0.804. The molecule has 2 rings (SSSR count). The van der Waals surface area contributed by atoms with Gasteiger partial charge in [0.25, 0.3) is 0 Å². The van der Waals surface area contributed by atoms with E-state index in [9.17, 15) is 4.39 Å². The van der Waals surface area contributed by atoms with Gasteiger partial charge in [-0.1, -0.05) is 6.08 Å². The summed E-state index contributed by atoms with van der Waals surface area (Å²) in [7, 11) is 0. The normalized spacial score (nSPS) is 32.4. The first kappa shape index (κ1) is 11.9. The summed E-state index contributed by atoms with van der Waals surface area (Å²) in [6.45, 7) is 4.00. The lowest BCUT2D eigenvalue weighted by atomic mass is 9.89. The van der Waals surface area contributed by atoms with Gasteiger partial charge in [-0.25, -0.2) is 4.39 Å². The molecule has 2 aliphatic rings. The molecular weight excluding hydrogens is 219 g/mol. The maximum Gasteiger partial charge on any atom is 0.105 e. The highest BCUT2D eigenvalue weighted by Crippen LogP contribution is 2.28. The number of nitrogens with one attached hydrogen (secondary N) is 2. The van der Waals surface area contributed by atoms with Gasteiger partial charge < -0.3 is 11.1 Å². The minimum atomic E-state index is -0.231. The van der Waals surface area contributed by atoms with E-state index in [2.05, 4.69) is 22.3 Å². The van der Waals surface area contributed by atoms with Crippen LogP contribution in [-0.4, -0.2) is 25.5 Å². The van der Waals surface area contributed by atoms with Gasteiger partial charge in [0, 0.05) is 17.7 Å². The molecule has 1 heterocycles. The second-order valence-corrected chi connectivity index (χ2v) is 4.28. The lowest BCUT2D eigenvalue weighted by Gasteiger charge is -2.33. The molecule has 0 saturated heterocycles. The van der Waals surface area contributed by atoms with Gasteiger partial charge in [0.15, 0.2) is 0 Å². The first-order valence-electron chi connectivity index (χ1n) is 5.63. The monoisotopic (exact) mass is 236 g/mol. The number of aliphatic imine (C=N–C) groups is 1. The minimum Gasteiger partial charge on any atom is -0.402 e. The van der Waals surface area contributed by atoms with E-state index < -0.39 is 0 Å². The molecule has 3 unspecified atom stereocenters. The third kappa shape index (κ3) is 2.74. The van der Waals surface area contributed by atoms with Crippen LogP contribution in [0.5, 0.6) is 0 Å². The number of rotatable bonds is 3. The van der Waals surface area contributed by atoms with Crippen molar-refractivity contribution in [2.24, 2.45) is 16.6 Å². The van der Waals surface area contributed by atoms with E-state index in [-0.39, 0.29) is 24.0 Å². The summed E-state index contributed by atoms with van der Waals surface area (Å²) in [6, 6.07) is -0.0634. The van der Waals surface area contributed by atoms with Crippen molar-refractivity contribution >= 4 is 6.72 Å². The first-order chi connectivity index (χ1) is 8.20. The molecule has 1 aliphatic heterocycles. The molecular formula is C12H17FN4. The van der Waals surface area contributed by atoms with Crippen LogP contribution in [0, 0.1) is 5.92 Å². The Balaban J connectivity index is 2.05. The molecule has 5 heteroatoms. The van der Waals surface area contributed by atoms with Crippen molar-refractivity contribution in [1.29, 1.82) is 0 Å². The Morgan fingerprint density at radius 1 is 1.53 bits per heavy atom. The standard InChI is InChI=1S/C12H17FN4/c1-15-7-12-16-5-4-11(17-12)9-6-8(14)2-3-10(9)13/h2-5,9,11-12,16-17H,1,6-7,14H2. The van der Waals surface area contributed by atoms with Crippen molar-refractivity contribution in [3.05, 3.63) is 36.0 Å².